The van der Waals surface area contributed by atoms with Crippen LogP contribution in [0.25, 0.3) is 33.3 Å². The lowest BCUT2D eigenvalue weighted by atomic mass is 10.1. The van der Waals surface area contributed by atoms with Crippen molar-refractivity contribution in [2.75, 3.05) is 5.32 Å². The van der Waals surface area contributed by atoms with Crippen LogP contribution in [0.15, 0.2) is 89.3 Å². The van der Waals surface area contributed by atoms with Crippen molar-refractivity contribution in [3.05, 3.63) is 96.1 Å². The Morgan fingerprint density at radius 3 is 2.52 bits per heavy atom. The Morgan fingerprint density at radius 2 is 1.66 bits per heavy atom. The summed E-state index contributed by atoms with van der Waals surface area (Å²) in [5, 5.41) is 5.10. The zero-order valence-electron chi connectivity index (χ0n) is 15.8. The van der Waals surface area contributed by atoms with Crippen molar-refractivity contribution >= 4 is 33.5 Å². The Labute approximate surface area is 167 Å². The Kier molecular flexibility index (Phi) is 4.10. The zero-order chi connectivity index (χ0) is 19.8. The number of hydrogen-bond acceptors (Lipinski definition) is 3. The molecule has 0 bridgehead atoms. The number of nitrogens with zero attached hydrogens (tertiary/aromatic N) is 1. The lowest BCUT2D eigenvalue weighted by Crippen LogP contribution is -2.11. The molecule has 5 aromatic rings. The molecule has 0 unspecified atom stereocenters. The molecule has 0 fully saturated rings. The third-order valence-electron chi connectivity index (χ3n) is 5.03. The molecule has 0 aliphatic carbocycles. The quantitative estimate of drug-likeness (QED) is 0.406. The van der Waals surface area contributed by atoms with Gasteiger partial charge in [-0.1, -0.05) is 48.5 Å². The van der Waals surface area contributed by atoms with Gasteiger partial charge in [-0.2, -0.15) is 0 Å². The molecule has 0 atom stereocenters. The standard InChI is InChI=1S/C25H18N2O2/c1-16-6-2-5-9-21(16)25-27-22-15-20(12-13-23(22)29-25)26-24(28)19-11-10-17-7-3-4-8-18(17)14-19/h2-15H,1H3,(H,26,28). The fourth-order valence-electron chi connectivity index (χ4n) is 3.47. The van der Waals surface area contributed by atoms with Crippen molar-refractivity contribution in [3.63, 3.8) is 0 Å². The van der Waals surface area contributed by atoms with E-state index in [1.807, 2.05) is 91.9 Å². The van der Waals surface area contributed by atoms with Crippen LogP contribution in [-0.4, -0.2) is 10.9 Å². The van der Waals surface area contributed by atoms with E-state index in [9.17, 15) is 4.79 Å². The molecule has 1 amide bonds. The number of amides is 1. The lowest BCUT2D eigenvalue weighted by molar-refractivity contribution is 0.102. The van der Waals surface area contributed by atoms with Crippen LogP contribution in [-0.2, 0) is 0 Å². The summed E-state index contributed by atoms with van der Waals surface area (Å²) >= 11 is 0. The first-order valence-electron chi connectivity index (χ1n) is 9.44. The highest BCUT2D eigenvalue weighted by atomic mass is 16.3. The fourth-order valence-corrected chi connectivity index (χ4v) is 3.47. The molecule has 140 valence electrons. The molecular weight excluding hydrogens is 360 g/mol. The molecule has 0 spiro atoms. The predicted molar refractivity (Wildman–Crippen MR) is 116 cm³/mol. The summed E-state index contributed by atoms with van der Waals surface area (Å²) in [6.07, 6.45) is 0. The number of aromatic nitrogens is 1. The van der Waals surface area contributed by atoms with Crippen molar-refractivity contribution in [2.45, 2.75) is 6.92 Å². The maximum absolute atomic E-state index is 12.7. The van der Waals surface area contributed by atoms with E-state index in [4.69, 9.17) is 4.42 Å². The van der Waals surface area contributed by atoms with Crippen LogP contribution in [0.1, 0.15) is 15.9 Å². The van der Waals surface area contributed by atoms with Gasteiger partial charge in [-0.3, -0.25) is 4.79 Å². The van der Waals surface area contributed by atoms with Gasteiger partial charge in [-0.05, 0) is 59.7 Å². The van der Waals surface area contributed by atoms with E-state index in [0.717, 1.165) is 21.9 Å². The van der Waals surface area contributed by atoms with E-state index in [1.165, 1.54) is 0 Å². The van der Waals surface area contributed by atoms with Crippen molar-refractivity contribution < 1.29 is 9.21 Å². The van der Waals surface area contributed by atoms with Gasteiger partial charge in [0.05, 0.1) is 0 Å². The molecule has 4 nitrogen and oxygen atoms in total. The normalized spacial score (nSPS) is 11.1. The van der Waals surface area contributed by atoms with Gasteiger partial charge in [0.1, 0.15) is 5.52 Å². The largest absolute Gasteiger partial charge is 0.436 e. The second kappa shape index (κ2) is 6.91. The minimum atomic E-state index is -0.155. The number of benzene rings is 4. The minimum absolute atomic E-state index is 0.155. The average Bonchev–Trinajstić information content (AvgIpc) is 3.17. The van der Waals surface area contributed by atoms with Gasteiger partial charge in [0.2, 0.25) is 5.89 Å². The number of carbonyl (C=O) groups is 1. The Hall–Kier alpha value is -3.92. The maximum atomic E-state index is 12.7. The molecule has 29 heavy (non-hydrogen) atoms. The number of nitrogens with one attached hydrogen (secondary N) is 1. The van der Waals surface area contributed by atoms with Gasteiger partial charge in [0.15, 0.2) is 5.58 Å². The maximum Gasteiger partial charge on any atom is 0.255 e. The molecule has 0 saturated carbocycles. The van der Waals surface area contributed by atoms with Crippen LogP contribution < -0.4 is 5.32 Å². The summed E-state index contributed by atoms with van der Waals surface area (Å²) in [7, 11) is 0. The van der Waals surface area contributed by atoms with Crippen molar-refractivity contribution in [1.82, 2.24) is 4.98 Å². The van der Waals surface area contributed by atoms with Gasteiger partial charge < -0.3 is 9.73 Å². The van der Waals surface area contributed by atoms with Crippen LogP contribution in [0, 0.1) is 6.92 Å². The molecule has 0 aliphatic heterocycles. The summed E-state index contributed by atoms with van der Waals surface area (Å²) in [6, 6.07) is 27.1. The first-order valence-corrected chi connectivity index (χ1v) is 9.44. The monoisotopic (exact) mass is 378 g/mol. The number of carbonyl (C=O) groups excluding carboxylic acids is 1. The molecule has 4 heteroatoms. The first kappa shape index (κ1) is 17.2. The fraction of sp³-hybridized carbons (Fsp3) is 0.0400. The molecule has 1 N–H and O–H groups in total. The summed E-state index contributed by atoms with van der Waals surface area (Å²) < 4.78 is 5.90. The topological polar surface area (TPSA) is 55.1 Å². The van der Waals surface area contributed by atoms with Crippen LogP contribution in [0.2, 0.25) is 0 Å². The molecule has 0 aliphatic rings. The van der Waals surface area contributed by atoms with Gasteiger partial charge in [0.25, 0.3) is 5.91 Å². The van der Waals surface area contributed by atoms with Gasteiger partial charge >= 0.3 is 0 Å². The number of oxazole rings is 1. The SMILES string of the molecule is Cc1ccccc1-c1nc2cc(NC(=O)c3ccc4ccccc4c3)ccc2o1. The summed E-state index contributed by atoms with van der Waals surface area (Å²) in [6.45, 7) is 2.03. The highest BCUT2D eigenvalue weighted by molar-refractivity contribution is 6.07. The van der Waals surface area contributed by atoms with Crippen molar-refractivity contribution in [3.8, 4) is 11.5 Å². The first-order chi connectivity index (χ1) is 14.2. The highest BCUT2D eigenvalue weighted by Gasteiger charge is 2.12. The predicted octanol–water partition coefficient (Wildman–Crippen LogP) is 6.21. The van der Waals surface area contributed by atoms with Crippen LogP contribution >= 0.6 is 0 Å². The molecule has 5 rings (SSSR count). The summed E-state index contributed by atoms with van der Waals surface area (Å²) in [5.74, 6) is 0.425. The number of aryl methyl sites for hydroxylation is 1. The number of anilines is 1. The zero-order valence-corrected chi connectivity index (χ0v) is 15.8. The van der Waals surface area contributed by atoms with E-state index in [0.29, 0.717) is 28.2 Å². The molecule has 0 radical (unpaired) electrons. The van der Waals surface area contributed by atoms with Crippen LogP contribution in [0.5, 0.6) is 0 Å². The van der Waals surface area contributed by atoms with E-state index in [2.05, 4.69) is 10.3 Å². The van der Waals surface area contributed by atoms with E-state index >= 15 is 0 Å². The van der Waals surface area contributed by atoms with E-state index < -0.39 is 0 Å². The van der Waals surface area contributed by atoms with Gasteiger partial charge in [-0.25, -0.2) is 4.98 Å². The second-order valence-electron chi connectivity index (χ2n) is 7.03. The Balaban J connectivity index is 1.44. The minimum Gasteiger partial charge on any atom is -0.436 e. The summed E-state index contributed by atoms with van der Waals surface area (Å²) in [4.78, 5) is 17.3. The van der Waals surface area contributed by atoms with Gasteiger partial charge in [0, 0.05) is 16.8 Å². The molecule has 0 saturated heterocycles. The van der Waals surface area contributed by atoms with E-state index in [1.54, 1.807) is 0 Å². The van der Waals surface area contributed by atoms with E-state index in [-0.39, 0.29) is 5.91 Å². The van der Waals surface area contributed by atoms with Crippen molar-refractivity contribution in [1.29, 1.82) is 0 Å². The van der Waals surface area contributed by atoms with Crippen LogP contribution in [0.3, 0.4) is 0 Å². The van der Waals surface area contributed by atoms with Gasteiger partial charge in [-0.15, -0.1) is 0 Å². The van der Waals surface area contributed by atoms with Crippen LogP contribution in [0.4, 0.5) is 5.69 Å². The third kappa shape index (κ3) is 3.25. The second-order valence-corrected chi connectivity index (χ2v) is 7.03. The Morgan fingerprint density at radius 1 is 0.862 bits per heavy atom. The average molecular weight is 378 g/mol. The Bertz CT molecular complexity index is 1370. The molecular formula is C25H18N2O2. The summed E-state index contributed by atoms with van der Waals surface area (Å²) in [5.41, 5.74) is 4.76. The van der Waals surface area contributed by atoms with Crippen molar-refractivity contribution in [2.24, 2.45) is 0 Å². The third-order valence-corrected chi connectivity index (χ3v) is 5.03. The lowest BCUT2D eigenvalue weighted by Gasteiger charge is -2.06. The molecule has 4 aromatic carbocycles. The number of hydrogen-bond donors (Lipinski definition) is 1. The molecule has 1 heterocycles. The highest BCUT2D eigenvalue weighted by Crippen LogP contribution is 2.28. The smallest absolute Gasteiger partial charge is 0.255 e. The number of rotatable bonds is 3. The number of fused-ring (bicyclic) bond motifs is 2. The molecule has 1 aromatic heterocycles.